The quantitative estimate of drug-likeness (QED) is 0.770. The van der Waals surface area contributed by atoms with Crippen LogP contribution in [0.1, 0.15) is 17.4 Å². The Labute approximate surface area is 87.0 Å². The molecule has 0 fully saturated rings. The third-order valence-corrected chi connectivity index (χ3v) is 1.57. The monoisotopic (exact) mass is 211 g/mol. The van der Waals surface area contributed by atoms with Gasteiger partial charge in [0.1, 0.15) is 10.8 Å². The average molecular weight is 212 g/mol. The van der Waals surface area contributed by atoms with E-state index < -0.39 is 0 Å². The van der Waals surface area contributed by atoms with Crippen LogP contribution >= 0.6 is 11.6 Å². The van der Waals surface area contributed by atoms with E-state index in [0.717, 1.165) is 5.57 Å². The number of carbonyl (C=O) groups excluding carboxylic acids is 1. The van der Waals surface area contributed by atoms with E-state index >= 15 is 0 Å². The minimum absolute atomic E-state index is 0.202. The molecule has 1 aromatic rings. The molecule has 1 rings (SSSR count). The second kappa shape index (κ2) is 4.72. The summed E-state index contributed by atoms with van der Waals surface area (Å²) in [4.78, 5) is 19.0. The Bertz CT molecular complexity index is 365. The van der Waals surface area contributed by atoms with Crippen LogP contribution in [0.2, 0.25) is 5.15 Å². The van der Waals surface area contributed by atoms with Crippen LogP contribution in [0.3, 0.4) is 0 Å². The molecule has 0 atom stereocenters. The summed E-state index contributed by atoms with van der Waals surface area (Å²) in [5.41, 5.74) is 1.08. The smallest absolute Gasteiger partial charge is 0.271 e. The summed E-state index contributed by atoms with van der Waals surface area (Å²) in [6.07, 6.45) is 2.73. The summed E-state index contributed by atoms with van der Waals surface area (Å²) in [6.45, 7) is 5.91. The van der Waals surface area contributed by atoms with E-state index in [9.17, 15) is 4.79 Å². The van der Waals surface area contributed by atoms with Crippen LogP contribution in [0, 0.1) is 0 Å². The third kappa shape index (κ3) is 3.14. The lowest BCUT2D eigenvalue weighted by atomic mass is 10.3. The van der Waals surface area contributed by atoms with Crippen molar-refractivity contribution in [3.8, 4) is 0 Å². The van der Waals surface area contributed by atoms with E-state index in [1.54, 1.807) is 0 Å². The molecule has 74 valence electrons. The Morgan fingerprint density at radius 1 is 1.64 bits per heavy atom. The van der Waals surface area contributed by atoms with Gasteiger partial charge in [-0.15, -0.1) is 0 Å². The maximum absolute atomic E-state index is 11.4. The number of amides is 1. The van der Waals surface area contributed by atoms with Gasteiger partial charge in [0.15, 0.2) is 0 Å². The minimum atomic E-state index is -0.303. The van der Waals surface area contributed by atoms with Crippen molar-refractivity contribution in [2.24, 2.45) is 0 Å². The highest BCUT2D eigenvalue weighted by Gasteiger charge is 2.06. The van der Waals surface area contributed by atoms with Crippen molar-refractivity contribution >= 4 is 17.5 Å². The molecule has 0 aliphatic carbocycles. The first kappa shape index (κ1) is 10.7. The van der Waals surface area contributed by atoms with Crippen molar-refractivity contribution in [3.63, 3.8) is 0 Å². The van der Waals surface area contributed by atoms with Gasteiger partial charge in [-0.1, -0.05) is 23.8 Å². The van der Waals surface area contributed by atoms with Crippen molar-refractivity contribution in [1.29, 1.82) is 0 Å². The molecule has 5 heteroatoms. The van der Waals surface area contributed by atoms with Gasteiger partial charge in [0, 0.05) is 6.54 Å². The molecule has 0 bridgehead atoms. The summed E-state index contributed by atoms with van der Waals surface area (Å²) < 4.78 is 0. The molecule has 0 unspecified atom stereocenters. The summed E-state index contributed by atoms with van der Waals surface area (Å²) in [5.74, 6) is -0.303. The van der Waals surface area contributed by atoms with Crippen molar-refractivity contribution in [2.75, 3.05) is 6.54 Å². The SMILES string of the molecule is C=C(C)CNC(=O)c1cncc(Cl)n1. The highest BCUT2D eigenvalue weighted by atomic mass is 35.5. The van der Waals surface area contributed by atoms with E-state index in [4.69, 9.17) is 11.6 Å². The Morgan fingerprint density at radius 2 is 2.36 bits per heavy atom. The fourth-order valence-corrected chi connectivity index (χ4v) is 0.921. The molecule has 0 saturated carbocycles. The zero-order valence-electron chi connectivity index (χ0n) is 7.75. The Hall–Kier alpha value is -1.42. The number of rotatable bonds is 3. The molecule has 14 heavy (non-hydrogen) atoms. The van der Waals surface area contributed by atoms with Crippen LogP contribution in [0.4, 0.5) is 0 Å². The zero-order valence-corrected chi connectivity index (χ0v) is 8.51. The second-order valence-corrected chi connectivity index (χ2v) is 3.25. The molecule has 0 saturated heterocycles. The molecule has 0 aliphatic heterocycles. The minimum Gasteiger partial charge on any atom is -0.347 e. The van der Waals surface area contributed by atoms with Crippen LogP contribution < -0.4 is 5.32 Å². The van der Waals surface area contributed by atoms with Crippen LogP contribution in [-0.2, 0) is 0 Å². The standard InChI is InChI=1S/C9H10ClN3O/c1-6(2)3-12-9(14)7-4-11-5-8(10)13-7/h4-5H,1,3H2,2H3,(H,12,14). The van der Waals surface area contributed by atoms with Crippen LogP contribution in [-0.4, -0.2) is 22.4 Å². The average Bonchev–Trinajstić information content (AvgIpc) is 2.14. The molecule has 0 aromatic carbocycles. The van der Waals surface area contributed by atoms with Crippen molar-refractivity contribution in [1.82, 2.24) is 15.3 Å². The predicted octanol–water partition coefficient (Wildman–Crippen LogP) is 1.44. The molecule has 1 N–H and O–H groups in total. The number of hydrogen-bond donors (Lipinski definition) is 1. The molecule has 1 heterocycles. The fourth-order valence-electron chi connectivity index (χ4n) is 0.773. The lowest BCUT2D eigenvalue weighted by Crippen LogP contribution is -2.25. The highest BCUT2D eigenvalue weighted by molar-refractivity contribution is 6.29. The predicted molar refractivity (Wildman–Crippen MR) is 54.2 cm³/mol. The molecule has 1 amide bonds. The fraction of sp³-hybridized carbons (Fsp3) is 0.222. The number of nitrogens with zero attached hydrogens (tertiary/aromatic N) is 2. The lowest BCUT2D eigenvalue weighted by molar-refractivity contribution is 0.0951. The second-order valence-electron chi connectivity index (χ2n) is 2.87. The van der Waals surface area contributed by atoms with Gasteiger partial charge in [0.2, 0.25) is 0 Å². The Kier molecular flexibility index (Phi) is 3.59. The molecule has 1 aromatic heterocycles. The van der Waals surface area contributed by atoms with Crippen LogP contribution in [0.5, 0.6) is 0 Å². The van der Waals surface area contributed by atoms with E-state index in [0.29, 0.717) is 6.54 Å². The molecule has 0 spiro atoms. The van der Waals surface area contributed by atoms with Crippen molar-refractivity contribution in [2.45, 2.75) is 6.92 Å². The maximum atomic E-state index is 11.4. The van der Waals surface area contributed by atoms with Gasteiger partial charge in [-0.3, -0.25) is 9.78 Å². The summed E-state index contributed by atoms with van der Waals surface area (Å²) in [5, 5.41) is 2.83. The highest BCUT2D eigenvalue weighted by Crippen LogP contribution is 2.02. The normalized spacial score (nSPS) is 9.57. The van der Waals surface area contributed by atoms with Gasteiger partial charge >= 0.3 is 0 Å². The molecule has 4 nitrogen and oxygen atoms in total. The zero-order chi connectivity index (χ0) is 10.6. The van der Waals surface area contributed by atoms with E-state index in [-0.39, 0.29) is 16.8 Å². The maximum Gasteiger partial charge on any atom is 0.271 e. The van der Waals surface area contributed by atoms with Crippen LogP contribution in [0.25, 0.3) is 0 Å². The van der Waals surface area contributed by atoms with Gasteiger partial charge in [0.25, 0.3) is 5.91 Å². The van der Waals surface area contributed by atoms with E-state index in [2.05, 4.69) is 21.9 Å². The Morgan fingerprint density at radius 3 is 2.93 bits per heavy atom. The number of aromatic nitrogens is 2. The molecular formula is C9H10ClN3O. The number of nitrogens with one attached hydrogen (secondary N) is 1. The first-order valence-corrected chi connectivity index (χ1v) is 4.37. The first-order chi connectivity index (χ1) is 6.59. The molecule has 0 aliphatic rings. The molecule has 0 radical (unpaired) electrons. The molecular weight excluding hydrogens is 202 g/mol. The lowest BCUT2D eigenvalue weighted by Gasteiger charge is -2.03. The topological polar surface area (TPSA) is 54.9 Å². The van der Waals surface area contributed by atoms with E-state index in [1.807, 2.05) is 6.92 Å². The van der Waals surface area contributed by atoms with Gasteiger partial charge in [-0.2, -0.15) is 0 Å². The van der Waals surface area contributed by atoms with Crippen LogP contribution in [0.15, 0.2) is 24.5 Å². The summed E-state index contributed by atoms with van der Waals surface area (Å²) >= 11 is 5.58. The van der Waals surface area contributed by atoms with Gasteiger partial charge < -0.3 is 5.32 Å². The third-order valence-electron chi connectivity index (χ3n) is 1.39. The van der Waals surface area contributed by atoms with Gasteiger partial charge in [0.05, 0.1) is 12.4 Å². The number of carbonyl (C=O) groups is 1. The Balaban J connectivity index is 2.65. The van der Waals surface area contributed by atoms with Crippen molar-refractivity contribution < 1.29 is 4.79 Å². The van der Waals surface area contributed by atoms with E-state index in [1.165, 1.54) is 12.4 Å². The van der Waals surface area contributed by atoms with Gasteiger partial charge in [-0.05, 0) is 6.92 Å². The number of halogens is 1. The summed E-state index contributed by atoms with van der Waals surface area (Å²) in [6, 6.07) is 0. The number of hydrogen-bond acceptors (Lipinski definition) is 3. The van der Waals surface area contributed by atoms with Crippen molar-refractivity contribution in [3.05, 3.63) is 35.4 Å². The first-order valence-electron chi connectivity index (χ1n) is 3.99. The largest absolute Gasteiger partial charge is 0.347 e. The van der Waals surface area contributed by atoms with Gasteiger partial charge in [-0.25, -0.2) is 4.98 Å². The summed E-state index contributed by atoms with van der Waals surface area (Å²) in [7, 11) is 0.